The second-order valence-corrected chi connectivity index (χ2v) is 23.1. The van der Waals surface area contributed by atoms with Crippen LogP contribution in [0.15, 0.2) is 218 Å². The van der Waals surface area contributed by atoms with Gasteiger partial charge in [0.15, 0.2) is 0 Å². The van der Waals surface area contributed by atoms with Crippen LogP contribution in [0.2, 0.25) is 0 Å². The van der Waals surface area contributed by atoms with Crippen molar-refractivity contribution < 1.29 is 4.39 Å². The van der Waals surface area contributed by atoms with Crippen molar-refractivity contribution in [3.63, 3.8) is 0 Å². The molecule has 0 saturated heterocycles. The Bertz CT molecular complexity index is 3910. The van der Waals surface area contributed by atoms with Crippen LogP contribution in [0.5, 0.6) is 0 Å². The summed E-state index contributed by atoms with van der Waals surface area (Å²) in [5.41, 5.74) is 26.7. The first-order chi connectivity index (χ1) is 36.3. The highest BCUT2D eigenvalue weighted by molar-refractivity contribution is 7.00. The molecule has 10 aromatic rings. The van der Waals surface area contributed by atoms with E-state index in [2.05, 4.69) is 257 Å². The van der Waals surface area contributed by atoms with Crippen LogP contribution in [0, 0.1) is 12.7 Å². The van der Waals surface area contributed by atoms with Gasteiger partial charge in [0, 0.05) is 56.6 Å². The van der Waals surface area contributed by atoms with E-state index in [9.17, 15) is 0 Å². The van der Waals surface area contributed by atoms with E-state index < -0.39 is 5.41 Å². The molecule has 1 unspecified atom stereocenters. The molecule has 2 aliphatic heterocycles. The first-order valence-electron chi connectivity index (χ1n) is 26.5. The van der Waals surface area contributed by atoms with Gasteiger partial charge in [0.2, 0.25) is 0 Å². The quantitative estimate of drug-likeness (QED) is 0.159. The summed E-state index contributed by atoms with van der Waals surface area (Å²) in [7, 11) is 0. The summed E-state index contributed by atoms with van der Waals surface area (Å²) in [6.07, 6.45) is 0. The molecule has 1 atom stereocenters. The number of halogens is 1. The largest absolute Gasteiger partial charge is 0.311 e. The lowest BCUT2D eigenvalue weighted by Crippen LogP contribution is -2.61. The number of hydrogen-bond acceptors (Lipinski definition) is 3. The molecule has 10 aromatic carbocycles. The van der Waals surface area contributed by atoms with Crippen molar-refractivity contribution in [3.05, 3.63) is 263 Å². The Morgan fingerprint density at radius 3 is 1.59 bits per heavy atom. The number of nitrogens with zero attached hydrogens (tertiary/aromatic N) is 3. The van der Waals surface area contributed by atoms with Crippen LogP contribution in [-0.4, -0.2) is 6.71 Å². The highest BCUT2D eigenvalue weighted by Crippen LogP contribution is 2.66. The number of anilines is 9. The lowest BCUT2D eigenvalue weighted by molar-refractivity contribution is 0.590. The molecule has 4 aliphatic rings. The van der Waals surface area contributed by atoms with Crippen LogP contribution in [-0.2, 0) is 16.2 Å². The van der Waals surface area contributed by atoms with Gasteiger partial charge in [-0.1, -0.05) is 175 Å². The van der Waals surface area contributed by atoms with Crippen LogP contribution in [0.1, 0.15) is 80.5 Å². The molecule has 0 saturated carbocycles. The van der Waals surface area contributed by atoms with Gasteiger partial charge in [0.1, 0.15) is 5.82 Å². The monoisotopic (exact) mass is 969 g/mol. The molecule has 0 fully saturated rings. The maximum atomic E-state index is 15.3. The minimum Gasteiger partial charge on any atom is -0.311 e. The van der Waals surface area contributed by atoms with Crippen molar-refractivity contribution in [2.75, 3.05) is 14.7 Å². The number of aryl methyl sites for hydroxylation is 1. The summed E-state index contributed by atoms with van der Waals surface area (Å²) in [4.78, 5) is 7.40. The predicted octanol–water partition coefficient (Wildman–Crippen LogP) is 16.6. The fourth-order valence-electron chi connectivity index (χ4n) is 13.4. The molecule has 2 heterocycles. The summed E-state index contributed by atoms with van der Waals surface area (Å²) in [5, 5.41) is 0. The molecule has 3 nitrogen and oxygen atoms in total. The molecule has 0 N–H and O–H groups in total. The van der Waals surface area contributed by atoms with Crippen molar-refractivity contribution in [1.29, 1.82) is 0 Å². The molecule has 0 aromatic heterocycles. The Morgan fingerprint density at radius 2 is 0.960 bits per heavy atom. The summed E-state index contributed by atoms with van der Waals surface area (Å²) < 4.78 is 15.3. The zero-order chi connectivity index (χ0) is 51.1. The summed E-state index contributed by atoms with van der Waals surface area (Å²) >= 11 is 0. The Kier molecular flexibility index (Phi) is 9.83. The summed E-state index contributed by atoms with van der Waals surface area (Å²) in [6, 6.07) is 80.0. The van der Waals surface area contributed by atoms with Gasteiger partial charge in [0.05, 0.1) is 11.1 Å². The minimum absolute atomic E-state index is 0.0139. The number of fused-ring (bicyclic) bond motifs is 15. The molecule has 1 spiro atoms. The Morgan fingerprint density at radius 1 is 0.440 bits per heavy atom. The van der Waals surface area contributed by atoms with E-state index in [1.165, 1.54) is 77.7 Å². The molecule has 75 heavy (non-hydrogen) atoms. The second kappa shape index (κ2) is 16.3. The second-order valence-electron chi connectivity index (χ2n) is 23.1. The van der Waals surface area contributed by atoms with Crippen LogP contribution in [0.4, 0.5) is 55.6 Å². The number of benzene rings is 10. The third-order valence-electron chi connectivity index (χ3n) is 16.6. The predicted molar refractivity (Wildman–Crippen MR) is 314 cm³/mol. The van der Waals surface area contributed by atoms with Crippen LogP contribution >= 0.6 is 0 Å². The van der Waals surface area contributed by atoms with Crippen molar-refractivity contribution in [3.8, 4) is 22.3 Å². The van der Waals surface area contributed by atoms with E-state index in [4.69, 9.17) is 0 Å². The van der Waals surface area contributed by atoms with Crippen molar-refractivity contribution in [1.82, 2.24) is 0 Å². The van der Waals surface area contributed by atoms with Crippen molar-refractivity contribution >= 4 is 74.3 Å². The average molecular weight is 970 g/mol. The topological polar surface area (TPSA) is 9.72 Å². The lowest BCUT2D eigenvalue weighted by Gasteiger charge is -2.45. The van der Waals surface area contributed by atoms with Crippen LogP contribution in [0.3, 0.4) is 0 Å². The fraction of sp³-hybridized carbons (Fsp3) is 0.143. The van der Waals surface area contributed by atoms with Gasteiger partial charge >= 0.3 is 0 Å². The Balaban J connectivity index is 1.09. The highest BCUT2D eigenvalue weighted by Gasteiger charge is 2.55. The molecule has 362 valence electrons. The van der Waals surface area contributed by atoms with Crippen molar-refractivity contribution in [2.45, 2.75) is 64.7 Å². The van der Waals surface area contributed by atoms with E-state index in [-0.39, 0.29) is 23.4 Å². The lowest BCUT2D eigenvalue weighted by atomic mass is 9.33. The number of para-hydroxylation sites is 2. The third kappa shape index (κ3) is 6.53. The maximum absolute atomic E-state index is 15.3. The van der Waals surface area contributed by atoms with Crippen LogP contribution < -0.4 is 31.1 Å². The number of hydrogen-bond donors (Lipinski definition) is 0. The van der Waals surface area contributed by atoms with E-state index >= 15 is 4.39 Å². The highest BCUT2D eigenvalue weighted by atomic mass is 19.1. The molecule has 14 rings (SSSR count). The zero-order valence-corrected chi connectivity index (χ0v) is 43.6. The standard InChI is InChI=1S/C70H57BFN3/c1-44-41-62-66-63(42-44)75(51-36-32-47(72)33-37-51)67-58(71(66)59-43-46(69(5,6)7)31-40-60(59)74(62)50-34-29-45(30-35-50)68(2,3)4)39-38-57-65(67)53-24-15-17-26-55(53)70(57)54-25-16-14-23-52(54)64-56(70)27-18-28-61(64)73(48-19-10-8-11-20-48)49-21-12-9-13-22-49/h8-43H,1-7H3. The molecule has 0 amide bonds. The normalized spacial score (nSPS) is 15.4. The van der Waals surface area contributed by atoms with Gasteiger partial charge in [-0.2, -0.15) is 0 Å². The SMILES string of the molecule is Cc1cc2c3c(c1)N(c1ccc(F)cc1)c1c(ccc4c1-c1ccccc1C41c4ccccc4-c4c(N(c5ccccc5)c5ccccc5)cccc41)B3c1cc(C(C)(C)C)ccc1N2c1ccc(C(C)(C)C)cc1. The van der Waals surface area contributed by atoms with Gasteiger partial charge in [-0.15, -0.1) is 0 Å². The van der Waals surface area contributed by atoms with E-state index in [0.29, 0.717) is 0 Å². The fourth-order valence-corrected chi connectivity index (χ4v) is 13.4. The Labute approximate surface area is 441 Å². The molecule has 0 radical (unpaired) electrons. The Hall–Kier alpha value is -8.41. The zero-order valence-electron chi connectivity index (χ0n) is 43.6. The number of rotatable bonds is 5. The molecule has 2 aliphatic carbocycles. The summed E-state index contributed by atoms with van der Waals surface area (Å²) in [5.74, 6) is -0.258. The van der Waals surface area contributed by atoms with Gasteiger partial charge < -0.3 is 14.7 Å². The molecule has 5 heteroatoms. The molecular weight excluding hydrogens is 913 g/mol. The third-order valence-corrected chi connectivity index (χ3v) is 16.6. The maximum Gasteiger partial charge on any atom is 0.252 e. The minimum atomic E-state index is -0.658. The summed E-state index contributed by atoms with van der Waals surface area (Å²) in [6.45, 7) is 15.9. The van der Waals surface area contributed by atoms with Gasteiger partial charge in [-0.05, 0) is 169 Å². The first kappa shape index (κ1) is 45.2. The molecule has 0 bridgehead atoms. The van der Waals surface area contributed by atoms with E-state index in [0.717, 1.165) is 51.1 Å². The van der Waals surface area contributed by atoms with Gasteiger partial charge in [-0.3, -0.25) is 0 Å². The van der Waals surface area contributed by atoms with Gasteiger partial charge in [0.25, 0.3) is 6.71 Å². The smallest absolute Gasteiger partial charge is 0.252 e. The van der Waals surface area contributed by atoms with E-state index in [1.54, 1.807) is 12.1 Å². The van der Waals surface area contributed by atoms with Crippen molar-refractivity contribution in [2.24, 2.45) is 0 Å². The van der Waals surface area contributed by atoms with Gasteiger partial charge in [-0.25, -0.2) is 4.39 Å². The van der Waals surface area contributed by atoms with Crippen LogP contribution in [0.25, 0.3) is 22.3 Å². The van der Waals surface area contributed by atoms with E-state index in [1.807, 2.05) is 12.1 Å². The first-order valence-corrected chi connectivity index (χ1v) is 26.5. The molecular formula is C70H57BFN3. The average Bonchev–Trinajstić information content (AvgIpc) is 4.12.